The van der Waals surface area contributed by atoms with Crippen molar-refractivity contribution in [1.29, 1.82) is 0 Å². The smallest absolute Gasteiger partial charge is 0.259 e. The van der Waals surface area contributed by atoms with Crippen LogP contribution in [0.2, 0.25) is 10.0 Å². The van der Waals surface area contributed by atoms with Crippen molar-refractivity contribution in [2.24, 2.45) is 0 Å². The predicted molar refractivity (Wildman–Crippen MR) is 78.9 cm³/mol. The Morgan fingerprint density at radius 2 is 2.15 bits per heavy atom. The normalized spacial score (nSPS) is 18.1. The van der Waals surface area contributed by atoms with Crippen molar-refractivity contribution in [2.45, 2.75) is 18.9 Å². The molecule has 1 fully saturated rings. The van der Waals surface area contributed by atoms with E-state index in [-0.39, 0.29) is 12.0 Å². The number of carbonyl (C=O) groups is 1. The zero-order valence-corrected chi connectivity index (χ0v) is 13.0. The second-order valence-corrected chi connectivity index (χ2v) is 5.57. The van der Waals surface area contributed by atoms with E-state index in [4.69, 9.17) is 32.7 Å². The number of hydrogen-bond donors (Lipinski definition) is 0. The van der Waals surface area contributed by atoms with Crippen molar-refractivity contribution in [3.05, 3.63) is 27.7 Å². The van der Waals surface area contributed by atoms with E-state index < -0.39 is 0 Å². The minimum absolute atomic E-state index is 0.0907. The van der Waals surface area contributed by atoms with Gasteiger partial charge in [0.25, 0.3) is 5.91 Å². The first-order valence-corrected chi connectivity index (χ1v) is 7.19. The van der Waals surface area contributed by atoms with Crippen LogP contribution in [0, 0.1) is 0 Å². The quantitative estimate of drug-likeness (QED) is 0.855. The number of hydrogen-bond acceptors (Lipinski definition) is 3. The Balaban J connectivity index is 2.21. The van der Waals surface area contributed by atoms with Gasteiger partial charge in [-0.3, -0.25) is 4.79 Å². The van der Waals surface area contributed by atoms with Crippen LogP contribution in [-0.4, -0.2) is 44.2 Å². The number of nitrogens with zero attached hydrogens (tertiary/aromatic N) is 1. The lowest BCUT2D eigenvalue weighted by Crippen LogP contribution is -2.34. The van der Waals surface area contributed by atoms with Crippen molar-refractivity contribution in [3.8, 4) is 5.75 Å². The second kappa shape index (κ2) is 6.66. The maximum atomic E-state index is 12.5. The molecule has 2 rings (SSSR count). The number of methoxy groups -OCH3 is 1. The van der Waals surface area contributed by atoms with Crippen LogP contribution in [0.3, 0.4) is 0 Å². The van der Waals surface area contributed by atoms with Gasteiger partial charge in [-0.05, 0) is 25.0 Å². The summed E-state index contributed by atoms with van der Waals surface area (Å²) in [5.41, 5.74) is 0.294. The highest BCUT2D eigenvalue weighted by Crippen LogP contribution is 2.34. The summed E-state index contributed by atoms with van der Waals surface area (Å²) in [6, 6.07) is 3.21. The van der Waals surface area contributed by atoms with Gasteiger partial charge in [-0.1, -0.05) is 23.2 Å². The Bertz CT molecular complexity index is 501. The van der Waals surface area contributed by atoms with E-state index in [1.54, 1.807) is 24.1 Å². The highest BCUT2D eigenvalue weighted by molar-refractivity contribution is 6.37. The number of likely N-dealkylation sites (N-methyl/N-ethyl adjacent to an activating group) is 1. The molecule has 4 nitrogen and oxygen atoms in total. The fourth-order valence-corrected chi connectivity index (χ4v) is 2.76. The summed E-state index contributed by atoms with van der Waals surface area (Å²) in [6.45, 7) is 1.29. The molecule has 1 saturated heterocycles. The maximum Gasteiger partial charge on any atom is 0.259 e. The Hall–Kier alpha value is -0.970. The molecule has 1 amide bonds. The summed E-state index contributed by atoms with van der Waals surface area (Å²) in [7, 11) is 3.19. The highest BCUT2D eigenvalue weighted by Gasteiger charge is 2.25. The number of halogens is 2. The third-order valence-corrected chi connectivity index (χ3v) is 3.94. The maximum absolute atomic E-state index is 12.5. The van der Waals surface area contributed by atoms with E-state index in [0.717, 1.165) is 19.4 Å². The first kappa shape index (κ1) is 15.4. The van der Waals surface area contributed by atoms with Crippen molar-refractivity contribution in [1.82, 2.24) is 4.90 Å². The van der Waals surface area contributed by atoms with E-state index in [1.807, 2.05) is 0 Å². The molecule has 6 heteroatoms. The molecule has 1 aromatic rings. The van der Waals surface area contributed by atoms with Gasteiger partial charge >= 0.3 is 0 Å². The Morgan fingerprint density at radius 3 is 2.75 bits per heavy atom. The van der Waals surface area contributed by atoms with E-state index >= 15 is 0 Å². The van der Waals surface area contributed by atoms with Crippen LogP contribution in [0.5, 0.6) is 5.75 Å². The van der Waals surface area contributed by atoms with Crippen LogP contribution < -0.4 is 4.74 Å². The molecule has 1 aromatic carbocycles. The number of benzene rings is 1. The van der Waals surface area contributed by atoms with Crippen molar-refractivity contribution >= 4 is 29.1 Å². The molecule has 1 aliphatic heterocycles. The Kier molecular flexibility index (Phi) is 5.13. The summed E-state index contributed by atoms with van der Waals surface area (Å²) in [5, 5.41) is 0.696. The summed E-state index contributed by atoms with van der Waals surface area (Å²) in [5.74, 6) is 0.0909. The Labute approximate surface area is 128 Å². The molecule has 1 aliphatic rings. The van der Waals surface area contributed by atoms with Crippen LogP contribution >= 0.6 is 23.2 Å². The molecule has 1 atom stereocenters. The van der Waals surface area contributed by atoms with Crippen LogP contribution in [-0.2, 0) is 4.74 Å². The first-order valence-electron chi connectivity index (χ1n) is 6.43. The predicted octanol–water partition coefficient (Wildman–Crippen LogP) is 3.25. The van der Waals surface area contributed by atoms with Gasteiger partial charge in [-0.25, -0.2) is 0 Å². The van der Waals surface area contributed by atoms with Gasteiger partial charge in [0.1, 0.15) is 5.56 Å². The topological polar surface area (TPSA) is 38.8 Å². The largest absolute Gasteiger partial charge is 0.494 e. The molecule has 110 valence electrons. The molecule has 0 spiro atoms. The minimum Gasteiger partial charge on any atom is -0.494 e. The third-order valence-electron chi connectivity index (χ3n) is 3.32. The van der Waals surface area contributed by atoms with Crippen molar-refractivity contribution < 1.29 is 14.3 Å². The molecule has 1 heterocycles. The molecule has 0 bridgehead atoms. The lowest BCUT2D eigenvalue weighted by atomic mass is 10.1. The molecule has 0 N–H and O–H groups in total. The van der Waals surface area contributed by atoms with Crippen LogP contribution in [0.25, 0.3) is 0 Å². The van der Waals surface area contributed by atoms with Crippen molar-refractivity contribution in [3.63, 3.8) is 0 Å². The number of ether oxygens (including phenoxy) is 2. The molecule has 0 radical (unpaired) electrons. The summed E-state index contributed by atoms with van der Waals surface area (Å²) in [6.07, 6.45) is 2.10. The van der Waals surface area contributed by atoms with Crippen LogP contribution in [0.15, 0.2) is 12.1 Å². The number of amides is 1. The van der Waals surface area contributed by atoms with Crippen LogP contribution in [0.4, 0.5) is 0 Å². The first-order chi connectivity index (χ1) is 9.54. The standard InChI is InChI=1S/C14H17Cl2NO3/c1-17(8-9-4-3-7-20-9)14(18)12-10(15)5-6-11(16)13(12)19-2/h5-6,9H,3-4,7-8H2,1-2H3. The molecular formula is C14H17Cl2NO3. The average Bonchev–Trinajstić information content (AvgIpc) is 2.93. The minimum atomic E-state index is -0.218. The van der Waals surface area contributed by atoms with Gasteiger partial charge < -0.3 is 14.4 Å². The number of rotatable bonds is 4. The lowest BCUT2D eigenvalue weighted by Gasteiger charge is -2.22. The summed E-state index contributed by atoms with van der Waals surface area (Å²) < 4.78 is 10.7. The molecule has 0 aliphatic carbocycles. The van der Waals surface area contributed by atoms with Gasteiger partial charge in [0, 0.05) is 20.2 Å². The van der Waals surface area contributed by atoms with Crippen LogP contribution in [0.1, 0.15) is 23.2 Å². The van der Waals surface area contributed by atoms with Gasteiger partial charge in [0.15, 0.2) is 5.75 Å². The van der Waals surface area contributed by atoms with Gasteiger partial charge in [0.2, 0.25) is 0 Å². The Morgan fingerprint density at radius 1 is 1.45 bits per heavy atom. The van der Waals surface area contributed by atoms with E-state index in [9.17, 15) is 4.79 Å². The summed E-state index contributed by atoms with van der Waals surface area (Å²) in [4.78, 5) is 14.1. The average molecular weight is 318 g/mol. The SMILES string of the molecule is COc1c(Cl)ccc(Cl)c1C(=O)N(C)CC1CCCO1. The van der Waals surface area contributed by atoms with Gasteiger partial charge in [-0.2, -0.15) is 0 Å². The summed E-state index contributed by atoms with van der Waals surface area (Å²) >= 11 is 12.2. The molecule has 1 unspecified atom stereocenters. The van der Waals surface area contributed by atoms with E-state index in [2.05, 4.69) is 0 Å². The number of carbonyl (C=O) groups excluding carboxylic acids is 1. The monoisotopic (exact) mass is 317 g/mol. The van der Waals surface area contributed by atoms with Gasteiger partial charge in [0.05, 0.1) is 23.3 Å². The highest BCUT2D eigenvalue weighted by atomic mass is 35.5. The molecule has 0 saturated carbocycles. The molecule has 20 heavy (non-hydrogen) atoms. The van der Waals surface area contributed by atoms with E-state index in [0.29, 0.717) is 27.9 Å². The molecule has 0 aromatic heterocycles. The fraction of sp³-hybridized carbons (Fsp3) is 0.500. The second-order valence-electron chi connectivity index (χ2n) is 4.76. The lowest BCUT2D eigenvalue weighted by molar-refractivity contribution is 0.0585. The molecular weight excluding hydrogens is 301 g/mol. The zero-order valence-electron chi connectivity index (χ0n) is 11.5. The zero-order chi connectivity index (χ0) is 14.7. The van der Waals surface area contributed by atoms with Crippen molar-refractivity contribution in [2.75, 3.05) is 27.3 Å². The van der Waals surface area contributed by atoms with Gasteiger partial charge in [-0.15, -0.1) is 0 Å². The fourth-order valence-electron chi connectivity index (χ4n) is 2.30. The third kappa shape index (κ3) is 3.19. The van der Waals surface area contributed by atoms with E-state index in [1.165, 1.54) is 7.11 Å².